The molecule has 2 aromatic rings. The normalized spacial score (nSPS) is 15.7. The molecule has 1 aromatic heterocycles. The quantitative estimate of drug-likeness (QED) is 0.204. The number of piperidine rings is 1. The van der Waals surface area contributed by atoms with Gasteiger partial charge in [0.25, 0.3) is 5.91 Å². The molecule has 184 valence electrons. The van der Waals surface area contributed by atoms with Gasteiger partial charge in [-0.1, -0.05) is 0 Å². The van der Waals surface area contributed by atoms with E-state index in [1.807, 2.05) is 0 Å². The van der Waals surface area contributed by atoms with E-state index in [1.54, 1.807) is 4.90 Å². The van der Waals surface area contributed by atoms with Crippen molar-refractivity contribution in [2.75, 3.05) is 23.3 Å². The summed E-state index contributed by atoms with van der Waals surface area (Å²) in [4.78, 5) is 17.4. The van der Waals surface area contributed by atoms with Gasteiger partial charge < -0.3 is 21.3 Å². The zero-order chi connectivity index (χ0) is 25.6. The van der Waals surface area contributed by atoms with Crippen molar-refractivity contribution in [1.82, 2.24) is 10.3 Å². The molecular formula is C23H23F4N7O. The number of nitrogens with two attached hydrogens (primary N) is 1. The third-order valence-electron chi connectivity index (χ3n) is 5.73. The highest BCUT2D eigenvalue weighted by Gasteiger charge is 2.36. The second-order valence-electron chi connectivity index (χ2n) is 8.11. The highest BCUT2D eigenvalue weighted by atomic mass is 19.4. The zero-order valence-corrected chi connectivity index (χ0v) is 18.5. The second-order valence-corrected chi connectivity index (χ2v) is 8.11. The number of primary amides is 1. The number of benzene rings is 1. The first-order chi connectivity index (χ1) is 16.5. The highest BCUT2D eigenvalue weighted by Crippen LogP contribution is 2.33. The predicted octanol–water partition coefficient (Wildman–Crippen LogP) is 3.54. The number of rotatable bonds is 7. The van der Waals surface area contributed by atoms with Gasteiger partial charge in [-0.15, -0.1) is 0 Å². The molecule has 8 nitrogen and oxygen atoms in total. The number of carbonyl (C=O) groups excluding carboxylic acids is 1. The van der Waals surface area contributed by atoms with Crippen LogP contribution in [0.3, 0.4) is 0 Å². The highest BCUT2D eigenvalue weighted by molar-refractivity contribution is 6.23. The number of alkyl halides is 3. The average Bonchev–Trinajstić information content (AvgIpc) is 2.81. The number of nitriles is 1. The molecule has 1 aliphatic rings. The summed E-state index contributed by atoms with van der Waals surface area (Å²) >= 11 is 0. The predicted molar refractivity (Wildman–Crippen MR) is 122 cm³/mol. The Morgan fingerprint density at radius 3 is 2.49 bits per heavy atom. The summed E-state index contributed by atoms with van der Waals surface area (Å²) in [6.45, 7) is 0.672. The largest absolute Gasteiger partial charge is 0.417 e. The Labute approximate surface area is 198 Å². The maximum atomic E-state index is 13.1. The summed E-state index contributed by atoms with van der Waals surface area (Å²) in [6.07, 6.45) is -0.319. The van der Waals surface area contributed by atoms with Crippen LogP contribution in [-0.4, -0.2) is 35.4 Å². The lowest BCUT2D eigenvalue weighted by molar-refractivity contribution is -0.137. The summed E-state index contributed by atoms with van der Waals surface area (Å²) in [5.74, 6) is -1.67. The first-order valence-corrected chi connectivity index (χ1v) is 10.6. The Bertz CT molecular complexity index is 1150. The van der Waals surface area contributed by atoms with E-state index in [0.29, 0.717) is 37.3 Å². The van der Waals surface area contributed by atoms with Crippen molar-refractivity contribution in [1.29, 1.82) is 10.7 Å². The van der Waals surface area contributed by atoms with E-state index in [4.69, 9.17) is 11.1 Å². The van der Waals surface area contributed by atoms with Gasteiger partial charge in [-0.2, -0.15) is 18.4 Å². The molecular weight excluding hydrogens is 466 g/mol. The number of amidine groups is 1. The molecule has 1 aliphatic heterocycles. The van der Waals surface area contributed by atoms with Crippen molar-refractivity contribution in [3.05, 3.63) is 65.9 Å². The maximum absolute atomic E-state index is 13.1. The van der Waals surface area contributed by atoms with Crippen LogP contribution >= 0.6 is 0 Å². The molecule has 35 heavy (non-hydrogen) atoms. The standard InChI is InChI=1S/C23H23F4N7O/c24-16-1-3-17(4-2-16)33-20(29)19(21(30)35)14-32-22(5-8-28)6-9-34(10-7-22)18-11-15(12-31-13-18)23(25,26)27/h1-4,11-14,32H,5-7,9-10H2,(H2,29,33)(H2,30,35)/b19-14+. The molecule has 3 rings (SSSR count). The Kier molecular flexibility index (Phi) is 7.58. The maximum Gasteiger partial charge on any atom is 0.417 e. The Morgan fingerprint density at radius 2 is 1.91 bits per heavy atom. The van der Waals surface area contributed by atoms with E-state index in [0.717, 1.165) is 12.3 Å². The molecule has 1 fully saturated rings. The number of hydrogen-bond acceptors (Lipinski definition) is 6. The molecule has 0 bridgehead atoms. The minimum absolute atomic E-state index is 0.0585. The Hall–Kier alpha value is -4.14. The summed E-state index contributed by atoms with van der Waals surface area (Å²) in [7, 11) is 0. The molecule has 0 radical (unpaired) electrons. The van der Waals surface area contributed by atoms with Crippen molar-refractivity contribution in [2.24, 2.45) is 5.73 Å². The Morgan fingerprint density at radius 1 is 1.26 bits per heavy atom. The smallest absolute Gasteiger partial charge is 0.384 e. The fourth-order valence-electron chi connectivity index (χ4n) is 3.71. The van der Waals surface area contributed by atoms with Crippen LogP contribution in [0.5, 0.6) is 0 Å². The minimum Gasteiger partial charge on any atom is -0.384 e. The molecule has 1 amide bonds. The molecule has 1 saturated heterocycles. The topological polar surface area (TPSA) is 131 Å². The third kappa shape index (κ3) is 6.47. The lowest BCUT2D eigenvalue weighted by Crippen LogP contribution is -2.52. The van der Waals surface area contributed by atoms with Crippen LogP contribution in [0, 0.1) is 22.6 Å². The van der Waals surface area contributed by atoms with Crippen LogP contribution < -0.4 is 21.3 Å². The van der Waals surface area contributed by atoms with Crippen molar-refractivity contribution >= 4 is 23.1 Å². The number of nitrogens with zero attached hydrogens (tertiary/aromatic N) is 3. The lowest BCUT2D eigenvalue weighted by Gasteiger charge is -2.42. The molecule has 0 aliphatic carbocycles. The molecule has 12 heteroatoms. The second kappa shape index (κ2) is 10.4. The zero-order valence-electron chi connectivity index (χ0n) is 18.5. The number of anilines is 2. The van der Waals surface area contributed by atoms with Gasteiger partial charge in [-0.25, -0.2) is 4.39 Å². The van der Waals surface area contributed by atoms with Gasteiger partial charge >= 0.3 is 6.18 Å². The molecule has 5 N–H and O–H groups in total. The SMILES string of the molecule is N#CCC1(N/C=C(\C(=N)Nc2ccc(F)cc2)C(N)=O)CCN(c2cncc(C(F)(F)F)c2)CC1. The van der Waals surface area contributed by atoms with Crippen molar-refractivity contribution in [3.8, 4) is 6.07 Å². The van der Waals surface area contributed by atoms with Crippen LogP contribution in [-0.2, 0) is 11.0 Å². The number of nitrogens with one attached hydrogen (secondary N) is 3. The van der Waals surface area contributed by atoms with E-state index in [-0.39, 0.29) is 17.8 Å². The number of amides is 1. The van der Waals surface area contributed by atoms with Crippen LogP contribution in [0.1, 0.15) is 24.8 Å². The van der Waals surface area contributed by atoms with Gasteiger partial charge in [0.2, 0.25) is 0 Å². The van der Waals surface area contributed by atoms with Gasteiger partial charge in [0.15, 0.2) is 0 Å². The van der Waals surface area contributed by atoms with Crippen LogP contribution in [0.15, 0.2) is 54.5 Å². The molecule has 0 saturated carbocycles. The number of halogens is 4. The first kappa shape index (κ1) is 25.5. The first-order valence-electron chi connectivity index (χ1n) is 10.6. The van der Waals surface area contributed by atoms with Gasteiger partial charge in [0.1, 0.15) is 11.7 Å². The fourth-order valence-corrected chi connectivity index (χ4v) is 3.71. The van der Waals surface area contributed by atoms with E-state index in [2.05, 4.69) is 21.7 Å². The molecule has 0 spiro atoms. The van der Waals surface area contributed by atoms with Crippen molar-refractivity contribution in [2.45, 2.75) is 31.0 Å². The van der Waals surface area contributed by atoms with Gasteiger partial charge in [-0.05, 0) is 43.2 Å². The summed E-state index contributed by atoms with van der Waals surface area (Å²) in [5, 5.41) is 23.3. The van der Waals surface area contributed by atoms with Crippen molar-refractivity contribution < 1.29 is 22.4 Å². The van der Waals surface area contributed by atoms with Crippen LogP contribution in [0.2, 0.25) is 0 Å². The molecule has 1 aromatic carbocycles. The lowest BCUT2D eigenvalue weighted by atomic mass is 9.84. The summed E-state index contributed by atoms with van der Waals surface area (Å²) in [6, 6.07) is 8.30. The van der Waals surface area contributed by atoms with Crippen molar-refractivity contribution in [3.63, 3.8) is 0 Å². The molecule has 0 unspecified atom stereocenters. The number of carbonyl (C=O) groups is 1. The number of hydrogen-bond donors (Lipinski definition) is 4. The summed E-state index contributed by atoms with van der Waals surface area (Å²) < 4.78 is 52.2. The van der Waals surface area contributed by atoms with Crippen LogP contribution in [0.25, 0.3) is 0 Å². The minimum atomic E-state index is -4.51. The van der Waals surface area contributed by atoms with E-state index < -0.39 is 29.0 Å². The number of aromatic nitrogens is 1. The van der Waals surface area contributed by atoms with E-state index >= 15 is 0 Å². The van der Waals surface area contributed by atoms with Crippen LogP contribution in [0.4, 0.5) is 28.9 Å². The monoisotopic (exact) mass is 489 g/mol. The summed E-state index contributed by atoms with van der Waals surface area (Å²) in [5.41, 5.74) is 4.32. The molecule has 2 heterocycles. The average molecular weight is 489 g/mol. The fraction of sp³-hybridized carbons (Fsp3) is 0.304. The van der Waals surface area contributed by atoms with Gasteiger partial charge in [0.05, 0.1) is 41.0 Å². The number of pyridine rings is 1. The third-order valence-corrected chi connectivity index (χ3v) is 5.73. The Balaban J connectivity index is 1.73. The van der Waals surface area contributed by atoms with Gasteiger partial charge in [-0.3, -0.25) is 15.2 Å². The van der Waals surface area contributed by atoms with Gasteiger partial charge in [0, 0.05) is 31.2 Å². The molecule has 0 atom stereocenters. The van der Waals surface area contributed by atoms with E-state index in [1.165, 1.54) is 36.7 Å². The van der Waals surface area contributed by atoms with E-state index in [9.17, 15) is 27.6 Å².